The van der Waals surface area contributed by atoms with Gasteiger partial charge in [0.1, 0.15) is 6.54 Å². The van der Waals surface area contributed by atoms with E-state index in [1.807, 2.05) is 36.5 Å². The molecule has 38 heavy (non-hydrogen) atoms. The quantitative estimate of drug-likeness (QED) is 0.334. The summed E-state index contributed by atoms with van der Waals surface area (Å²) in [4.78, 5) is 30.6. The lowest BCUT2D eigenvalue weighted by atomic mass is 10.1. The molecule has 0 fully saturated rings. The molecule has 0 bridgehead atoms. The molecule has 0 saturated carbocycles. The van der Waals surface area contributed by atoms with Crippen molar-refractivity contribution in [3.63, 3.8) is 0 Å². The van der Waals surface area contributed by atoms with Crippen LogP contribution in [0.15, 0.2) is 66.9 Å². The van der Waals surface area contributed by atoms with Crippen LogP contribution in [-0.4, -0.2) is 66.3 Å². The second-order valence-electron chi connectivity index (χ2n) is 9.90. The summed E-state index contributed by atoms with van der Waals surface area (Å²) in [5, 5.41) is 0. The first-order valence-corrected chi connectivity index (χ1v) is 13.1. The van der Waals surface area contributed by atoms with Crippen LogP contribution in [0.5, 0.6) is 11.5 Å². The first kappa shape index (κ1) is 27.3. The van der Waals surface area contributed by atoms with Crippen LogP contribution in [0, 0.1) is 5.92 Å². The zero-order valence-electron chi connectivity index (χ0n) is 22.5. The van der Waals surface area contributed by atoms with E-state index in [1.165, 1.54) is 5.56 Å². The molecule has 1 aliphatic heterocycles. The van der Waals surface area contributed by atoms with Crippen molar-refractivity contribution < 1.29 is 23.8 Å². The van der Waals surface area contributed by atoms with E-state index in [4.69, 9.17) is 14.2 Å². The maximum Gasteiger partial charge on any atom is 0.254 e. The molecule has 0 spiro atoms. The molecule has 1 aromatic heterocycles. The molecule has 8 heteroatoms. The highest BCUT2D eigenvalue weighted by atomic mass is 16.7. The van der Waals surface area contributed by atoms with Crippen molar-refractivity contribution in [1.82, 2.24) is 14.4 Å². The molecule has 3 aromatic rings. The highest BCUT2D eigenvalue weighted by Gasteiger charge is 2.25. The maximum absolute atomic E-state index is 13.6. The molecular weight excluding hydrogens is 482 g/mol. The molecule has 0 N–H and O–H groups in total. The number of amides is 2. The van der Waals surface area contributed by atoms with E-state index in [1.54, 1.807) is 35.1 Å². The number of aromatic nitrogens is 1. The van der Waals surface area contributed by atoms with E-state index in [-0.39, 0.29) is 25.2 Å². The van der Waals surface area contributed by atoms with E-state index in [0.29, 0.717) is 49.2 Å². The topological polar surface area (TPSA) is 73.2 Å². The Balaban J connectivity index is 1.50. The average molecular weight is 520 g/mol. The van der Waals surface area contributed by atoms with Gasteiger partial charge >= 0.3 is 0 Å². The third kappa shape index (κ3) is 7.16. The minimum atomic E-state index is -0.198. The minimum Gasteiger partial charge on any atom is -0.454 e. The second kappa shape index (κ2) is 13.1. The van der Waals surface area contributed by atoms with Crippen molar-refractivity contribution in [3.05, 3.63) is 83.7 Å². The smallest absolute Gasteiger partial charge is 0.254 e. The van der Waals surface area contributed by atoms with Gasteiger partial charge in [0.15, 0.2) is 11.5 Å². The molecule has 2 heterocycles. The van der Waals surface area contributed by atoms with Gasteiger partial charge in [-0.15, -0.1) is 0 Å². The Bertz CT molecular complexity index is 1210. The van der Waals surface area contributed by atoms with Gasteiger partial charge in [0.05, 0.1) is 13.2 Å². The molecule has 0 radical (unpaired) electrons. The van der Waals surface area contributed by atoms with Crippen molar-refractivity contribution in [2.45, 2.75) is 33.4 Å². The normalized spacial score (nSPS) is 12.1. The largest absolute Gasteiger partial charge is 0.454 e. The minimum absolute atomic E-state index is 0.0108. The van der Waals surface area contributed by atoms with Crippen LogP contribution in [0.1, 0.15) is 41.9 Å². The fourth-order valence-electron chi connectivity index (χ4n) is 4.36. The van der Waals surface area contributed by atoms with Crippen molar-refractivity contribution >= 4 is 11.8 Å². The van der Waals surface area contributed by atoms with E-state index >= 15 is 0 Å². The Hall–Kier alpha value is -3.78. The first-order chi connectivity index (χ1) is 18.4. The van der Waals surface area contributed by atoms with E-state index in [9.17, 15) is 9.59 Å². The van der Waals surface area contributed by atoms with Gasteiger partial charge in [-0.3, -0.25) is 9.59 Å². The predicted molar refractivity (Wildman–Crippen MR) is 145 cm³/mol. The van der Waals surface area contributed by atoms with Gasteiger partial charge in [0.2, 0.25) is 12.7 Å². The van der Waals surface area contributed by atoms with E-state index < -0.39 is 0 Å². The van der Waals surface area contributed by atoms with Gasteiger partial charge in [-0.1, -0.05) is 44.2 Å². The van der Waals surface area contributed by atoms with Gasteiger partial charge in [0.25, 0.3) is 5.91 Å². The first-order valence-electron chi connectivity index (χ1n) is 13.1. The van der Waals surface area contributed by atoms with Gasteiger partial charge in [-0.25, -0.2) is 0 Å². The number of benzene rings is 2. The van der Waals surface area contributed by atoms with Crippen LogP contribution in [0.25, 0.3) is 0 Å². The van der Waals surface area contributed by atoms with Crippen LogP contribution in [0.3, 0.4) is 0 Å². The predicted octanol–water partition coefficient (Wildman–Crippen LogP) is 4.43. The highest BCUT2D eigenvalue weighted by molar-refractivity contribution is 5.97. The summed E-state index contributed by atoms with van der Waals surface area (Å²) in [5.41, 5.74) is 2.69. The molecule has 1 aliphatic rings. The zero-order chi connectivity index (χ0) is 26.9. The third-order valence-corrected chi connectivity index (χ3v) is 6.60. The van der Waals surface area contributed by atoms with Crippen molar-refractivity contribution in [2.24, 2.45) is 5.92 Å². The molecule has 4 rings (SSSR count). The number of rotatable bonds is 13. The van der Waals surface area contributed by atoms with Gasteiger partial charge < -0.3 is 28.6 Å². The van der Waals surface area contributed by atoms with Gasteiger partial charge in [-0.05, 0) is 48.2 Å². The summed E-state index contributed by atoms with van der Waals surface area (Å²) in [6.07, 6.45) is 2.82. The second-order valence-corrected chi connectivity index (χ2v) is 9.90. The lowest BCUT2D eigenvalue weighted by Gasteiger charge is -2.28. The molecule has 2 amide bonds. The monoisotopic (exact) mass is 519 g/mol. The molecule has 0 atom stereocenters. The van der Waals surface area contributed by atoms with Gasteiger partial charge in [0, 0.05) is 44.2 Å². The summed E-state index contributed by atoms with van der Waals surface area (Å²) in [7, 11) is 1.62. The molecule has 202 valence electrons. The van der Waals surface area contributed by atoms with Crippen molar-refractivity contribution in [1.29, 1.82) is 0 Å². The molecule has 8 nitrogen and oxygen atoms in total. The molecule has 0 saturated heterocycles. The van der Waals surface area contributed by atoms with Crippen molar-refractivity contribution in [2.75, 3.05) is 40.1 Å². The lowest BCUT2D eigenvalue weighted by molar-refractivity contribution is -0.133. The van der Waals surface area contributed by atoms with Crippen LogP contribution >= 0.6 is 0 Å². The molecular formula is C30H37N3O5. The molecule has 2 aromatic carbocycles. The summed E-state index contributed by atoms with van der Waals surface area (Å²) in [6, 6.07) is 19.4. The number of methoxy groups -OCH3 is 1. The van der Waals surface area contributed by atoms with Crippen LogP contribution in [0.2, 0.25) is 0 Å². The Kier molecular flexibility index (Phi) is 9.43. The number of fused-ring (bicyclic) bond motifs is 1. The Morgan fingerprint density at radius 3 is 2.53 bits per heavy atom. The molecule has 0 unspecified atom stereocenters. The lowest BCUT2D eigenvalue weighted by Crippen LogP contribution is -2.44. The Morgan fingerprint density at radius 2 is 1.76 bits per heavy atom. The van der Waals surface area contributed by atoms with Crippen LogP contribution in [0.4, 0.5) is 0 Å². The number of ether oxygens (including phenoxy) is 3. The summed E-state index contributed by atoms with van der Waals surface area (Å²) >= 11 is 0. The van der Waals surface area contributed by atoms with Crippen LogP contribution in [-0.2, 0) is 22.6 Å². The third-order valence-electron chi connectivity index (χ3n) is 6.60. The number of nitrogens with zero attached hydrogens (tertiary/aromatic N) is 3. The fraction of sp³-hybridized carbons (Fsp3) is 0.400. The van der Waals surface area contributed by atoms with Crippen molar-refractivity contribution in [3.8, 4) is 11.5 Å². The molecule has 0 aliphatic carbocycles. The SMILES string of the molecule is COCCN(Cc1cccn1Cc1ccccc1)C(=O)CN(CCC(C)C)C(=O)c1ccc2c(c1)OCO2. The number of carbonyl (C=O) groups excluding carboxylic acids is 2. The van der Waals surface area contributed by atoms with E-state index in [0.717, 1.165) is 18.7 Å². The van der Waals surface area contributed by atoms with Gasteiger partial charge in [-0.2, -0.15) is 0 Å². The zero-order valence-corrected chi connectivity index (χ0v) is 22.5. The van der Waals surface area contributed by atoms with Crippen LogP contribution < -0.4 is 9.47 Å². The number of hydrogen-bond acceptors (Lipinski definition) is 5. The Morgan fingerprint density at radius 1 is 0.974 bits per heavy atom. The number of carbonyl (C=O) groups is 2. The fourth-order valence-corrected chi connectivity index (χ4v) is 4.36. The summed E-state index contributed by atoms with van der Waals surface area (Å²) in [5.74, 6) is 1.24. The maximum atomic E-state index is 13.6. The highest BCUT2D eigenvalue weighted by Crippen LogP contribution is 2.33. The Labute approximate surface area is 224 Å². The number of hydrogen-bond donors (Lipinski definition) is 0. The van der Waals surface area contributed by atoms with E-state index in [2.05, 4.69) is 30.5 Å². The average Bonchev–Trinajstić information content (AvgIpc) is 3.57. The summed E-state index contributed by atoms with van der Waals surface area (Å²) in [6.45, 7) is 6.82. The summed E-state index contributed by atoms with van der Waals surface area (Å²) < 4.78 is 18.3. The standard InChI is InChI=1S/C30H37N3O5/c1-23(2)13-15-33(30(35)25-11-12-27-28(18-25)38-22-37-27)21-29(34)32(16-17-36-3)20-26-10-7-14-31(26)19-24-8-5-4-6-9-24/h4-12,14,18,23H,13,15-17,19-22H2,1-3H3.